The van der Waals surface area contributed by atoms with Gasteiger partial charge in [0.15, 0.2) is 0 Å². The predicted octanol–water partition coefficient (Wildman–Crippen LogP) is 1.44. The van der Waals surface area contributed by atoms with E-state index in [1.165, 1.54) is 5.56 Å². The van der Waals surface area contributed by atoms with Crippen LogP contribution in [-0.4, -0.2) is 58.8 Å². The van der Waals surface area contributed by atoms with E-state index in [1.54, 1.807) is 6.20 Å². The number of benzene rings is 1. The van der Waals surface area contributed by atoms with Gasteiger partial charge in [-0.15, -0.1) is 0 Å². The summed E-state index contributed by atoms with van der Waals surface area (Å²) in [6.07, 6.45) is 7.48. The van der Waals surface area contributed by atoms with Crippen LogP contribution in [0.25, 0.3) is 0 Å². The van der Waals surface area contributed by atoms with Gasteiger partial charge in [0, 0.05) is 45.1 Å². The first-order valence-electron chi connectivity index (χ1n) is 9.51. The van der Waals surface area contributed by atoms with E-state index in [9.17, 15) is 4.79 Å². The molecule has 144 valence electrons. The summed E-state index contributed by atoms with van der Waals surface area (Å²) < 4.78 is 13.8. The molecule has 0 aliphatic carbocycles. The third-order valence-corrected chi connectivity index (χ3v) is 5.21. The van der Waals surface area contributed by atoms with Crippen molar-refractivity contribution in [2.45, 2.75) is 31.5 Å². The topological polar surface area (TPSA) is 68.6 Å². The van der Waals surface area contributed by atoms with Crippen molar-refractivity contribution in [2.75, 3.05) is 32.8 Å². The molecule has 2 aliphatic rings. The average Bonchev–Trinajstić information content (AvgIpc) is 3.33. The number of hydrogen-bond acceptors (Lipinski definition) is 5. The fourth-order valence-electron chi connectivity index (χ4n) is 3.75. The summed E-state index contributed by atoms with van der Waals surface area (Å²) >= 11 is 0. The summed E-state index contributed by atoms with van der Waals surface area (Å²) in [5, 5.41) is 2.93. The molecule has 1 aromatic heterocycles. The Balaban J connectivity index is 1.25. The minimum atomic E-state index is -0.213. The van der Waals surface area contributed by atoms with Gasteiger partial charge in [0.25, 0.3) is 0 Å². The number of amides is 1. The molecule has 2 fully saturated rings. The fourth-order valence-corrected chi connectivity index (χ4v) is 3.75. The monoisotopic (exact) mass is 370 g/mol. The summed E-state index contributed by atoms with van der Waals surface area (Å²) in [6.45, 7) is 5.08. The Labute approximate surface area is 159 Å². The number of nitrogens with one attached hydrogen (secondary N) is 1. The van der Waals surface area contributed by atoms with Gasteiger partial charge in [0.05, 0.1) is 18.5 Å². The van der Waals surface area contributed by atoms with Crippen LogP contribution in [0.3, 0.4) is 0 Å². The van der Waals surface area contributed by atoms with E-state index in [0.29, 0.717) is 13.2 Å². The van der Waals surface area contributed by atoms with Crippen molar-refractivity contribution in [2.24, 2.45) is 0 Å². The zero-order chi connectivity index (χ0) is 18.5. The number of ether oxygens (including phenoxy) is 2. The minimum absolute atomic E-state index is 0.0167. The second-order valence-corrected chi connectivity index (χ2v) is 7.36. The number of imidazole rings is 1. The molecule has 2 aromatic rings. The molecule has 1 aromatic carbocycles. The highest BCUT2D eigenvalue weighted by molar-refractivity contribution is 5.78. The van der Waals surface area contributed by atoms with Crippen LogP contribution in [0.2, 0.25) is 0 Å². The summed E-state index contributed by atoms with van der Waals surface area (Å²) in [5.41, 5.74) is 1.02. The van der Waals surface area contributed by atoms with Crippen LogP contribution in [-0.2, 0) is 22.6 Å². The lowest BCUT2D eigenvalue weighted by atomic mass is 10.0. The van der Waals surface area contributed by atoms with Crippen LogP contribution in [0.1, 0.15) is 18.4 Å². The second kappa shape index (κ2) is 8.10. The predicted molar refractivity (Wildman–Crippen MR) is 100 cm³/mol. The van der Waals surface area contributed by atoms with E-state index in [-0.39, 0.29) is 18.1 Å². The van der Waals surface area contributed by atoms with Crippen LogP contribution in [0.15, 0.2) is 43.0 Å². The van der Waals surface area contributed by atoms with Crippen LogP contribution in [0.4, 0.5) is 0 Å². The van der Waals surface area contributed by atoms with Gasteiger partial charge in [-0.3, -0.25) is 9.69 Å². The summed E-state index contributed by atoms with van der Waals surface area (Å²) in [6, 6.07) is 8.30. The van der Waals surface area contributed by atoms with Gasteiger partial charge >= 0.3 is 0 Å². The lowest BCUT2D eigenvalue weighted by molar-refractivity contribution is -0.142. The molecule has 4 rings (SSSR count). The van der Waals surface area contributed by atoms with Crippen molar-refractivity contribution < 1.29 is 14.3 Å². The quantitative estimate of drug-likeness (QED) is 0.747. The molecule has 0 saturated carbocycles. The van der Waals surface area contributed by atoms with E-state index in [2.05, 4.69) is 31.9 Å². The standard InChI is InChI=1S/C20H26N4O3/c25-19-13-27-20(14-22-19)5-8-24(15-20)12-17-3-1-4-18(11-17)26-10-2-7-23-9-6-21-16-23/h1,3-4,6,9,11,16H,2,5,7-8,10,12-15H2,(H,22,25). The first-order chi connectivity index (χ1) is 13.2. The molecule has 27 heavy (non-hydrogen) atoms. The lowest BCUT2D eigenvalue weighted by Crippen LogP contribution is -2.53. The van der Waals surface area contributed by atoms with Crippen molar-refractivity contribution >= 4 is 5.91 Å². The molecule has 2 aliphatic heterocycles. The maximum absolute atomic E-state index is 11.3. The number of hydrogen-bond donors (Lipinski definition) is 1. The van der Waals surface area contributed by atoms with Crippen LogP contribution in [0, 0.1) is 0 Å². The third kappa shape index (κ3) is 4.67. The number of rotatable bonds is 7. The van der Waals surface area contributed by atoms with Gasteiger partial charge in [-0.1, -0.05) is 12.1 Å². The fraction of sp³-hybridized carbons (Fsp3) is 0.500. The molecule has 1 spiro atoms. The summed E-state index contributed by atoms with van der Waals surface area (Å²) in [7, 11) is 0. The number of aryl methyl sites for hydroxylation is 1. The van der Waals surface area contributed by atoms with Gasteiger partial charge in [-0.05, 0) is 30.5 Å². The van der Waals surface area contributed by atoms with Gasteiger partial charge in [-0.2, -0.15) is 0 Å². The largest absolute Gasteiger partial charge is 0.494 e. The molecule has 1 N–H and O–H groups in total. The van der Waals surface area contributed by atoms with E-state index < -0.39 is 0 Å². The molecule has 2 saturated heterocycles. The molecule has 7 nitrogen and oxygen atoms in total. The zero-order valence-corrected chi connectivity index (χ0v) is 15.5. The van der Waals surface area contributed by atoms with E-state index in [1.807, 2.05) is 24.7 Å². The van der Waals surface area contributed by atoms with Gasteiger partial charge in [-0.25, -0.2) is 4.98 Å². The van der Waals surface area contributed by atoms with E-state index in [0.717, 1.165) is 44.8 Å². The zero-order valence-electron chi connectivity index (χ0n) is 15.5. The highest BCUT2D eigenvalue weighted by atomic mass is 16.5. The van der Waals surface area contributed by atoms with Gasteiger partial charge in [0.1, 0.15) is 12.4 Å². The lowest BCUT2D eigenvalue weighted by Gasteiger charge is -2.33. The highest BCUT2D eigenvalue weighted by Gasteiger charge is 2.41. The normalized spacial score (nSPS) is 22.9. The van der Waals surface area contributed by atoms with Crippen molar-refractivity contribution in [1.82, 2.24) is 19.8 Å². The molecule has 0 radical (unpaired) electrons. The van der Waals surface area contributed by atoms with Crippen molar-refractivity contribution in [3.63, 3.8) is 0 Å². The van der Waals surface area contributed by atoms with Crippen LogP contribution < -0.4 is 10.1 Å². The molecule has 0 bridgehead atoms. The third-order valence-electron chi connectivity index (χ3n) is 5.21. The minimum Gasteiger partial charge on any atom is -0.494 e. The van der Waals surface area contributed by atoms with Crippen LogP contribution in [0.5, 0.6) is 5.75 Å². The smallest absolute Gasteiger partial charge is 0.246 e. The molecule has 7 heteroatoms. The number of carbonyl (C=O) groups is 1. The summed E-state index contributed by atoms with van der Waals surface area (Å²) in [4.78, 5) is 17.7. The van der Waals surface area contributed by atoms with Gasteiger partial charge in [0.2, 0.25) is 5.91 Å². The SMILES string of the molecule is O=C1COC2(CCN(Cc3cccc(OCCCn4ccnc4)c3)C2)CN1. The van der Waals surface area contributed by atoms with Crippen LogP contribution >= 0.6 is 0 Å². The molecular formula is C20H26N4O3. The molecular weight excluding hydrogens is 344 g/mol. The molecule has 3 heterocycles. The number of morpholine rings is 1. The number of likely N-dealkylation sites (tertiary alicyclic amines) is 1. The van der Waals surface area contributed by atoms with Crippen molar-refractivity contribution in [1.29, 1.82) is 0 Å². The second-order valence-electron chi connectivity index (χ2n) is 7.36. The maximum atomic E-state index is 11.3. The first kappa shape index (κ1) is 18.0. The first-order valence-corrected chi connectivity index (χ1v) is 9.51. The molecule has 1 unspecified atom stereocenters. The molecule has 1 amide bonds. The Morgan fingerprint density at radius 3 is 3.15 bits per heavy atom. The highest BCUT2D eigenvalue weighted by Crippen LogP contribution is 2.28. The summed E-state index contributed by atoms with van der Waals surface area (Å²) in [5.74, 6) is 0.894. The Morgan fingerprint density at radius 2 is 2.33 bits per heavy atom. The van der Waals surface area contributed by atoms with E-state index >= 15 is 0 Å². The number of aromatic nitrogens is 2. The maximum Gasteiger partial charge on any atom is 0.246 e. The molecule has 1 atom stereocenters. The van der Waals surface area contributed by atoms with Crippen molar-refractivity contribution in [3.8, 4) is 5.75 Å². The Kier molecular flexibility index (Phi) is 5.40. The average molecular weight is 370 g/mol. The Morgan fingerprint density at radius 1 is 1.37 bits per heavy atom. The Hall–Kier alpha value is -2.38. The van der Waals surface area contributed by atoms with Gasteiger partial charge < -0.3 is 19.4 Å². The number of nitrogens with zero attached hydrogens (tertiary/aromatic N) is 3. The van der Waals surface area contributed by atoms with Crippen molar-refractivity contribution in [3.05, 3.63) is 48.5 Å². The Bertz CT molecular complexity index is 752. The number of carbonyl (C=O) groups excluding carboxylic acids is 1. The van der Waals surface area contributed by atoms with E-state index in [4.69, 9.17) is 9.47 Å².